The summed E-state index contributed by atoms with van der Waals surface area (Å²) < 4.78 is 24.3. The molecule has 2 aliphatic rings. The molecule has 2 saturated heterocycles. The Labute approximate surface area is 199 Å². The molecule has 1 N–H and O–H groups in total. The quantitative estimate of drug-likeness (QED) is 0.672. The summed E-state index contributed by atoms with van der Waals surface area (Å²) in [6, 6.07) is 13.4. The van der Waals surface area contributed by atoms with Crippen LogP contribution in [0.5, 0.6) is 5.75 Å². The average molecular weight is 473 g/mol. The number of piperazine rings is 1. The second kappa shape index (κ2) is 10.9. The number of carbonyl (C=O) groups is 1. The maximum atomic E-state index is 13.1. The molecule has 2 aliphatic heterocycles. The van der Waals surface area contributed by atoms with Gasteiger partial charge in [0.15, 0.2) is 5.11 Å². The average Bonchev–Trinajstić information content (AvgIpc) is 2.85. The molecule has 33 heavy (non-hydrogen) atoms. The molecule has 2 aromatic carbocycles. The Kier molecular flexibility index (Phi) is 7.74. The van der Waals surface area contributed by atoms with Crippen LogP contribution in [0.25, 0.3) is 0 Å². The molecule has 2 heterocycles. The van der Waals surface area contributed by atoms with E-state index in [1.54, 1.807) is 25.3 Å². The third-order valence-corrected chi connectivity index (χ3v) is 6.32. The van der Waals surface area contributed by atoms with E-state index in [1.165, 1.54) is 12.1 Å². The molecule has 2 aromatic rings. The summed E-state index contributed by atoms with van der Waals surface area (Å²) >= 11 is 5.55. The van der Waals surface area contributed by atoms with Crippen LogP contribution in [-0.4, -0.2) is 91.4 Å². The summed E-state index contributed by atoms with van der Waals surface area (Å²) in [5.74, 6) is 0.444. The van der Waals surface area contributed by atoms with Gasteiger partial charge in [-0.15, -0.1) is 0 Å². The number of amides is 1. The van der Waals surface area contributed by atoms with Crippen molar-refractivity contribution in [2.45, 2.75) is 6.10 Å². The van der Waals surface area contributed by atoms with Gasteiger partial charge in [-0.2, -0.15) is 0 Å². The normalized spacial score (nSPS) is 19.3. The number of anilines is 1. The number of halogens is 1. The Morgan fingerprint density at radius 2 is 1.88 bits per heavy atom. The number of hydrogen-bond acceptors (Lipinski definition) is 5. The lowest BCUT2D eigenvalue weighted by atomic mass is 10.1. The fraction of sp³-hybridized carbons (Fsp3) is 0.417. The molecule has 0 aromatic heterocycles. The predicted molar refractivity (Wildman–Crippen MR) is 129 cm³/mol. The van der Waals surface area contributed by atoms with E-state index in [9.17, 15) is 9.18 Å². The van der Waals surface area contributed by atoms with Gasteiger partial charge in [0, 0.05) is 57.1 Å². The van der Waals surface area contributed by atoms with E-state index < -0.39 is 0 Å². The molecule has 0 radical (unpaired) electrons. The highest BCUT2D eigenvalue weighted by Gasteiger charge is 2.27. The van der Waals surface area contributed by atoms with E-state index in [0.29, 0.717) is 49.2 Å². The third-order valence-electron chi connectivity index (χ3n) is 5.96. The van der Waals surface area contributed by atoms with Crippen LogP contribution in [0.4, 0.5) is 10.1 Å². The standard InChI is InChI=1S/C24H29FN4O3S/c1-31-21-4-2-3-18(15-21)23(30)28-11-9-27(10-12-28)16-22-17-29(13-14-32-22)24(33)26-20-7-5-19(25)6-8-20/h2-8,15,22H,9-14,16-17H2,1H3,(H,26,33). The molecule has 9 heteroatoms. The van der Waals surface area contributed by atoms with E-state index in [-0.39, 0.29) is 17.8 Å². The molecular formula is C24H29FN4O3S. The van der Waals surface area contributed by atoms with Crippen molar-refractivity contribution in [3.8, 4) is 5.75 Å². The van der Waals surface area contributed by atoms with Gasteiger partial charge in [-0.1, -0.05) is 6.07 Å². The van der Waals surface area contributed by atoms with Gasteiger partial charge >= 0.3 is 0 Å². The fourth-order valence-electron chi connectivity index (χ4n) is 4.11. The molecule has 0 spiro atoms. The molecule has 176 valence electrons. The molecule has 4 rings (SSSR count). The summed E-state index contributed by atoms with van der Waals surface area (Å²) in [7, 11) is 1.60. The van der Waals surface area contributed by atoms with Gasteiger partial charge < -0.3 is 24.6 Å². The Balaban J connectivity index is 1.24. The molecule has 0 aliphatic carbocycles. The largest absolute Gasteiger partial charge is 0.497 e. The van der Waals surface area contributed by atoms with E-state index in [2.05, 4.69) is 15.1 Å². The minimum absolute atomic E-state index is 0.0332. The van der Waals surface area contributed by atoms with Crippen LogP contribution in [-0.2, 0) is 4.74 Å². The van der Waals surface area contributed by atoms with Gasteiger partial charge in [0.05, 0.1) is 19.8 Å². The first kappa shape index (κ1) is 23.4. The zero-order chi connectivity index (χ0) is 23.2. The number of ether oxygens (including phenoxy) is 2. The lowest BCUT2D eigenvalue weighted by Crippen LogP contribution is -2.54. The Bertz CT molecular complexity index is 966. The maximum Gasteiger partial charge on any atom is 0.254 e. The minimum atomic E-state index is -0.275. The summed E-state index contributed by atoms with van der Waals surface area (Å²) in [6.45, 7) is 5.75. The first-order chi connectivity index (χ1) is 16.0. The minimum Gasteiger partial charge on any atom is -0.497 e. The van der Waals surface area contributed by atoms with Crippen LogP contribution >= 0.6 is 12.2 Å². The summed E-state index contributed by atoms with van der Waals surface area (Å²) in [5, 5.41) is 3.79. The van der Waals surface area contributed by atoms with E-state index in [4.69, 9.17) is 21.7 Å². The van der Waals surface area contributed by atoms with Crippen LogP contribution in [0, 0.1) is 5.82 Å². The summed E-state index contributed by atoms with van der Waals surface area (Å²) in [5.41, 5.74) is 1.41. The van der Waals surface area contributed by atoms with E-state index in [1.807, 2.05) is 23.1 Å². The van der Waals surface area contributed by atoms with Crippen molar-refractivity contribution in [3.63, 3.8) is 0 Å². The first-order valence-electron chi connectivity index (χ1n) is 11.1. The molecule has 1 amide bonds. The highest BCUT2D eigenvalue weighted by molar-refractivity contribution is 7.80. The van der Waals surface area contributed by atoms with Crippen LogP contribution < -0.4 is 10.1 Å². The molecule has 2 fully saturated rings. The first-order valence-corrected chi connectivity index (χ1v) is 11.5. The SMILES string of the molecule is COc1cccc(C(=O)N2CCN(CC3CN(C(=S)Nc4ccc(F)cc4)CCO3)CC2)c1. The van der Waals surface area contributed by atoms with Gasteiger partial charge in [0.1, 0.15) is 11.6 Å². The molecule has 1 unspecified atom stereocenters. The second-order valence-electron chi connectivity index (χ2n) is 8.20. The highest BCUT2D eigenvalue weighted by atomic mass is 32.1. The molecule has 0 saturated carbocycles. The number of rotatable bonds is 5. The van der Waals surface area contributed by atoms with Gasteiger partial charge in [-0.05, 0) is 54.7 Å². The van der Waals surface area contributed by atoms with Crippen LogP contribution in [0.15, 0.2) is 48.5 Å². The van der Waals surface area contributed by atoms with Gasteiger partial charge in [-0.25, -0.2) is 4.39 Å². The second-order valence-corrected chi connectivity index (χ2v) is 8.59. The predicted octanol–water partition coefficient (Wildman–Crippen LogP) is 2.69. The highest BCUT2D eigenvalue weighted by Crippen LogP contribution is 2.17. The number of nitrogens with zero attached hydrogens (tertiary/aromatic N) is 3. The van der Waals surface area contributed by atoms with Crippen molar-refractivity contribution in [2.24, 2.45) is 0 Å². The Hall–Kier alpha value is -2.75. The van der Waals surface area contributed by atoms with Crippen LogP contribution in [0.1, 0.15) is 10.4 Å². The Morgan fingerprint density at radius 3 is 2.61 bits per heavy atom. The number of benzene rings is 2. The van der Waals surface area contributed by atoms with Crippen molar-refractivity contribution in [1.82, 2.24) is 14.7 Å². The van der Waals surface area contributed by atoms with Gasteiger partial charge in [0.2, 0.25) is 0 Å². The van der Waals surface area contributed by atoms with Crippen molar-refractivity contribution in [1.29, 1.82) is 0 Å². The zero-order valence-corrected chi connectivity index (χ0v) is 19.5. The lowest BCUT2D eigenvalue weighted by molar-refractivity contribution is -0.0285. The number of thiocarbonyl (C=S) groups is 1. The molecular weight excluding hydrogens is 443 g/mol. The fourth-order valence-corrected chi connectivity index (χ4v) is 4.39. The summed E-state index contributed by atoms with van der Waals surface area (Å²) in [4.78, 5) is 19.1. The maximum absolute atomic E-state index is 13.1. The monoisotopic (exact) mass is 472 g/mol. The van der Waals surface area contributed by atoms with E-state index in [0.717, 1.165) is 25.3 Å². The number of hydrogen-bond donors (Lipinski definition) is 1. The van der Waals surface area contributed by atoms with E-state index >= 15 is 0 Å². The summed E-state index contributed by atoms with van der Waals surface area (Å²) in [6.07, 6.45) is 0.0346. The van der Waals surface area contributed by atoms with Gasteiger partial charge in [0.25, 0.3) is 5.91 Å². The molecule has 7 nitrogen and oxygen atoms in total. The number of morpholine rings is 1. The molecule has 0 bridgehead atoms. The topological polar surface area (TPSA) is 57.3 Å². The van der Waals surface area contributed by atoms with Gasteiger partial charge in [-0.3, -0.25) is 9.69 Å². The zero-order valence-electron chi connectivity index (χ0n) is 18.7. The number of carbonyl (C=O) groups excluding carboxylic acids is 1. The smallest absolute Gasteiger partial charge is 0.254 e. The van der Waals surface area contributed by atoms with Crippen molar-refractivity contribution < 1.29 is 18.7 Å². The van der Waals surface area contributed by atoms with Crippen molar-refractivity contribution in [3.05, 3.63) is 59.9 Å². The number of methoxy groups -OCH3 is 1. The lowest BCUT2D eigenvalue weighted by Gasteiger charge is -2.40. The van der Waals surface area contributed by atoms with Crippen LogP contribution in [0.3, 0.4) is 0 Å². The van der Waals surface area contributed by atoms with Crippen molar-refractivity contribution >= 4 is 28.9 Å². The molecule has 1 atom stereocenters. The van der Waals surface area contributed by atoms with Crippen molar-refractivity contribution in [2.75, 3.05) is 64.8 Å². The van der Waals surface area contributed by atoms with Crippen LogP contribution in [0.2, 0.25) is 0 Å². The third kappa shape index (κ3) is 6.19. The number of nitrogens with one attached hydrogen (secondary N) is 1. The Morgan fingerprint density at radius 1 is 1.12 bits per heavy atom.